The van der Waals surface area contributed by atoms with Crippen molar-refractivity contribution in [3.63, 3.8) is 0 Å². The fourth-order valence-corrected chi connectivity index (χ4v) is 2.54. The maximum atomic E-state index is 12.3. The number of aryl methyl sites for hydroxylation is 1. The molecule has 6 heteroatoms. The molecule has 2 heterocycles. The Balaban J connectivity index is 0.00000176. The predicted octanol–water partition coefficient (Wildman–Crippen LogP) is 2.55. The van der Waals surface area contributed by atoms with Gasteiger partial charge in [0.1, 0.15) is 5.76 Å². The van der Waals surface area contributed by atoms with Crippen LogP contribution in [0, 0.1) is 6.92 Å². The van der Waals surface area contributed by atoms with Gasteiger partial charge in [-0.2, -0.15) is 0 Å². The Kier molecular flexibility index (Phi) is 5.57. The first-order valence-corrected chi connectivity index (χ1v) is 7.28. The van der Waals surface area contributed by atoms with E-state index in [0.29, 0.717) is 17.3 Å². The summed E-state index contributed by atoms with van der Waals surface area (Å²) >= 11 is 0. The lowest BCUT2D eigenvalue weighted by atomic mass is 10.1. The minimum atomic E-state index is -0.160. The number of hydrogen-bond donors (Lipinski definition) is 2. The van der Waals surface area contributed by atoms with E-state index in [9.17, 15) is 4.79 Å². The molecule has 0 bridgehead atoms. The van der Waals surface area contributed by atoms with E-state index >= 15 is 0 Å². The normalized spacial score (nSPS) is 17.6. The minimum absolute atomic E-state index is 0. The Morgan fingerprint density at radius 3 is 2.82 bits per heavy atom. The molecule has 0 spiro atoms. The maximum Gasteiger partial charge on any atom is 0.273 e. The quantitative estimate of drug-likeness (QED) is 0.911. The number of carbonyl (C=O) groups is 1. The molecule has 1 fully saturated rings. The van der Waals surface area contributed by atoms with E-state index < -0.39 is 0 Å². The number of carbonyl (C=O) groups excluding carboxylic acids is 1. The number of halogens is 1. The van der Waals surface area contributed by atoms with Crippen LogP contribution in [-0.4, -0.2) is 30.0 Å². The largest absolute Gasteiger partial charge is 0.441 e. The molecule has 1 amide bonds. The summed E-state index contributed by atoms with van der Waals surface area (Å²) in [7, 11) is 0. The molecule has 118 valence electrons. The molecule has 3 rings (SSSR count). The summed E-state index contributed by atoms with van der Waals surface area (Å²) in [6.45, 7) is 3.61. The molecule has 2 aromatic rings. The molecular weight excluding hydrogens is 302 g/mol. The average Bonchev–Trinajstić information content (AvgIpc) is 2.91. The summed E-state index contributed by atoms with van der Waals surface area (Å²) in [4.78, 5) is 16.7. The highest BCUT2D eigenvalue weighted by atomic mass is 35.5. The third-order valence-electron chi connectivity index (χ3n) is 3.66. The zero-order chi connectivity index (χ0) is 14.7. The van der Waals surface area contributed by atoms with Crippen LogP contribution in [0.4, 0.5) is 0 Å². The number of rotatable bonds is 3. The molecule has 1 aromatic heterocycles. The van der Waals surface area contributed by atoms with E-state index in [2.05, 4.69) is 15.6 Å². The number of hydrogen-bond acceptors (Lipinski definition) is 4. The van der Waals surface area contributed by atoms with Gasteiger partial charge in [-0.05, 0) is 38.4 Å². The Bertz CT molecular complexity index is 622. The molecule has 1 aliphatic heterocycles. The molecule has 1 aromatic carbocycles. The molecule has 0 unspecified atom stereocenters. The van der Waals surface area contributed by atoms with Crippen molar-refractivity contribution in [3.8, 4) is 11.5 Å². The molecular formula is C16H20ClN3O2. The second-order valence-corrected chi connectivity index (χ2v) is 5.31. The van der Waals surface area contributed by atoms with Gasteiger partial charge in [-0.25, -0.2) is 4.98 Å². The average molecular weight is 322 g/mol. The molecule has 0 aliphatic carbocycles. The lowest BCUT2D eigenvalue weighted by molar-refractivity contribution is 0.0924. The molecule has 1 atom stereocenters. The summed E-state index contributed by atoms with van der Waals surface area (Å²) in [5.41, 5.74) is 1.25. The van der Waals surface area contributed by atoms with Gasteiger partial charge in [0.05, 0.1) is 0 Å². The molecule has 1 aliphatic rings. The van der Waals surface area contributed by atoms with Gasteiger partial charge in [-0.3, -0.25) is 4.79 Å². The third kappa shape index (κ3) is 3.67. The molecule has 22 heavy (non-hydrogen) atoms. The van der Waals surface area contributed by atoms with E-state index in [1.807, 2.05) is 30.3 Å². The second-order valence-electron chi connectivity index (χ2n) is 5.31. The van der Waals surface area contributed by atoms with Gasteiger partial charge < -0.3 is 15.1 Å². The van der Waals surface area contributed by atoms with Gasteiger partial charge in [0, 0.05) is 18.2 Å². The van der Waals surface area contributed by atoms with Crippen molar-refractivity contribution in [2.45, 2.75) is 25.8 Å². The Morgan fingerprint density at radius 2 is 2.14 bits per heavy atom. The lowest BCUT2D eigenvalue weighted by Crippen LogP contribution is -2.45. The van der Waals surface area contributed by atoms with Gasteiger partial charge in [0.2, 0.25) is 5.89 Å². The zero-order valence-corrected chi connectivity index (χ0v) is 13.3. The maximum absolute atomic E-state index is 12.3. The van der Waals surface area contributed by atoms with Gasteiger partial charge in [-0.1, -0.05) is 18.2 Å². The number of benzene rings is 1. The van der Waals surface area contributed by atoms with E-state index in [1.165, 1.54) is 0 Å². The number of aromatic nitrogens is 1. The molecule has 0 saturated carbocycles. The highest BCUT2D eigenvalue weighted by molar-refractivity contribution is 5.93. The molecule has 1 saturated heterocycles. The smallest absolute Gasteiger partial charge is 0.273 e. The van der Waals surface area contributed by atoms with E-state index in [-0.39, 0.29) is 24.4 Å². The van der Waals surface area contributed by atoms with E-state index in [4.69, 9.17) is 4.42 Å². The van der Waals surface area contributed by atoms with Crippen molar-refractivity contribution >= 4 is 18.3 Å². The van der Waals surface area contributed by atoms with Crippen LogP contribution in [0.3, 0.4) is 0 Å². The Hall–Kier alpha value is -1.85. The van der Waals surface area contributed by atoms with Crippen molar-refractivity contribution in [1.82, 2.24) is 15.6 Å². The standard InChI is InChI=1S/C16H19N3O2.ClH/c1-11-14(15(20)18-13-8-5-9-17-10-13)19-16(21-11)12-6-3-2-4-7-12;/h2-4,6-7,13,17H,5,8-10H2,1H3,(H,18,20);1H/t13-;/m0./s1. The first kappa shape index (κ1) is 16.5. The van der Waals surface area contributed by atoms with Crippen LogP contribution in [-0.2, 0) is 0 Å². The van der Waals surface area contributed by atoms with Crippen LogP contribution in [0.5, 0.6) is 0 Å². The number of amides is 1. The fraction of sp³-hybridized carbons (Fsp3) is 0.375. The van der Waals surface area contributed by atoms with Crippen LogP contribution >= 0.6 is 12.4 Å². The zero-order valence-electron chi connectivity index (χ0n) is 12.5. The lowest BCUT2D eigenvalue weighted by Gasteiger charge is -2.23. The summed E-state index contributed by atoms with van der Waals surface area (Å²) in [5.74, 6) is 0.877. The highest BCUT2D eigenvalue weighted by Gasteiger charge is 2.21. The van der Waals surface area contributed by atoms with Crippen molar-refractivity contribution in [2.24, 2.45) is 0 Å². The van der Waals surface area contributed by atoms with Crippen LogP contribution in [0.1, 0.15) is 29.1 Å². The van der Waals surface area contributed by atoms with Crippen molar-refractivity contribution < 1.29 is 9.21 Å². The fourth-order valence-electron chi connectivity index (χ4n) is 2.54. The van der Waals surface area contributed by atoms with Gasteiger partial charge in [0.25, 0.3) is 5.91 Å². The summed E-state index contributed by atoms with van der Waals surface area (Å²) < 4.78 is 5.62. The summed E-state index contributed by atoms with van der Waals surface area (Å²) in [5, 5.41) is 6.30. The van der Waals surface area contributed by atoms with Gasteiger partial charge >= 0.3 is 0 Å². The van der Waals surface area contributed by atoms with Gasteiger partial charge in [-0.15, -0.1) is 12.4 Å². The van der Waals surface area contributed by atoms with Crippen molar-refractivity contribution in [1.29, 1.82) is 0 Å². The first-order valence-electron chi connectivity index (χ1n) is 7.28. The predicted molar refractivity (Wildman–Crippen MR) is 87.3 cm³/mol. The van der Waals surface area contributed by atoms with Crippen LogP contribution in [0.25, 0.3) is 11.5 Å². The highest BCUT2D eigenvalue weighted by Crippen LogP contribution is 2.21. The summed E-state index contributed by atoms with van der Waals surface area (Å²) in [6, 6.07) is 9.77. The van der Waals surface area contributed by atoms with Crippen LogP contribution < -0.4 is 10.6 Å². The topological polar surface area (TPSA) is 67.2 Å². The Morgan fingerprint density at radius 1 is 1.36 bits per heavy atom. The van der Waals surface area contributed by atoms with Crippen LogP contribution in [0.15, 0.2) is 34.7 Å². The molecule has 0 radical (unpaired) electrons. The monoisotopic (exact) mass is 321 g/mol. The third-order valence-corrected chi connectivity index (χ3v) is 3.66. The second kappa shape index (κ2) is 7.42. The van der Waals surface area contributed by atoms with Crippen molar-refractivity contribution in [2.75, 3.05) is 13.1 Å². The number of nitrogens with zero attached hydrogens (tertiary/aromatic N) is 1. The number of piperidine rings is 1. The van der Waals surface area contributed by atoms with Crippen LogP contribution in [0.2, 0.25) is 0 Å². The molecule has 2 N–H and O–H groups in total. The summed E-state index contributed by atoms with van der Waals surface area (Å²) in [6.07, 6.45) is 2.08. The number of nitrogens with one attached hydrogen (secondary N) is 2. The SMILES string of the molecule is Cc1oc(-c2ccccc2)nc1C(=O)N[C@H]1CCCNC1.Cl. The first-order chi connectivity index (χ1) is 10.2. The van der Waals surface area contributed by atoms with Gasteiger partial charge in [0.15, 0.2) is 5.69 Å². The molecule has 5 nitrogen and oxygen atoms in total. The minimum Gasteiger partial charge on any atom is -0.441 e. The van der Waals surface area contributed by atoms with Crippen molar-refractivity contribution in [3.05, 3.63) is 41.8 Å². The van der Waals surface area contributed by atoms with E-state index in [0.717, 1.165) is 31.5 Å². The Labute approximate surface area is 135 Å². The number of oxazole rings is 1. The van der Waals surface area contributed by atoms with E-state index in [1.54, 1.807) is 6.92 Å².